The van der Waals surface area contributed by atoms with Crippen LogP contribution in [0.3, 0.4) is 0 Å². The number of hydrogen-bond donors (Lipinski definition) is 2. The lowest BCUT2D eigenvalue weighted by Gasteiger charge is -2.09. The first-order valence-electron chi connectivity index (χ1n) is 9.30. The topological polar surface area (TPSA) is 120 Å². The van der Waals surface area contributed by atoms with Gasteiger partial charge in [0.1, 0.15) is 11.5 Å². The van der Waals surface area contributed by atoms with Crippen LogP contribution in [0.15, 0.2) is 46.8 Å². The Morgan fingerprint density at radius 1 is 1.00 bits per heavy atom. The highest BCUT2D eigenvalue weighted by Gasteiger charge is 2.16. The first kappa shape index (κ1) is 23.2. The number of Topliss-reactive ketones (excluding diaryl/α,β-unsaturated/α-hetero) is 1. The molecule has 0 atom stereocenters. The molecular weight excluding hydrogens is 452 g/mol. The summed E-state index contributed by atoms with van der Waals surface area (Å²) in [6, 6.07) is 11.5. The quantitative estimate of drug-likeness (QED) is 0.275. The molecule has 0 unspecified atom stereocenters. The molecule has 2 aromatic carbocycles. The highest BCUT2D eigenvalue weighted by atomic mass is 32.2. The smallest absolute Gasteiger partial charge is 0.261 e. The number of rotatable bonds is 9. The average molecular weight is 473 g/mol. The molecule has 0 fully saturated rings. The minimum atomic E-state index is -0.399. The summed E-state index contributed by atoms with van der Waals surface area (Å²) in [5.74, 6) is 0.389. The van der Waals surface area contributed by atoms with Crippen molar-refractivity contribution in [3.05, 3.63) is 53.6 Å². The van der Waals surface area contributed by atoms with Gasteiger partial charge in [0, 0.05) is 17.3 Å². The predicted molar refractivity (Wildman–Crippen MR) is 123 cm³/mol. The van der Waals surface area contributed by atoms with Crippen LogP contribution in [-0.4, -0.2) is 47.8 Å². The van der Waals surface area contributed by atoms with Crippen LogP contribution in [-0.2, 0) is 4.79 Å². The largest absolute Gasteiger partial charge is 0.497 e. The summed E-state index contributed by atoms with van der Waals surface area (Å²) in [5.41, 5.74) is 1.50. The van der Waals surface area contributed by atoms with Crippen molar-refractivity contribution >= 4 is 51.5 Å². The summed E-state index contributed by atoms with van der Waals surface area (Å²) in [7, 11) is 2.99. The van der Waals surface area contributed by atoms with Crippen LogP contribution in [0.2, 0.25) is 0 Å². The number of thioether (sulfide) groups is 1. The molecule has 3 aromatic rings. The lowest BCUT2D eigenvalue weighted by Crippen LogP contribution is -2.14. The van der Waals surface area contributed by atoms with Crippen molar-refractivity contribution in [1.82, 2.24) is 10.2 Å². The second-order valence-corrected chi connectivity index (χ2v) is 8.56. The van der Waals surface area contributed by atoms with Crippen LogP contribution in [0.5, 0.6) is 11.5 Å². The molecule has 0 radical (unpaired) electrons. The van der Waals surface area contributed by atoms with Crippen molar-refractivity contribution in [2.75, 3.05) is 30.6 Å². The van der Waals surface area contributed by atoms with E-state index in [1.807, 2.05) is 0 Å². The molecule has 0 bridgehead atoms. The third kappa shape index (κ3) is 6.05. The van der Waals surface area contributed by atoms with Gasteiger partial charge in [0.05, 0.1) is 25.5 Å². The fourth-order valence-electron chi connectivity index (χ4n) is 2.58. The number of carbonyl (C=O) groups is 3. The number of nitrogens with zero attached hydrogens (tertiary/aromatic N) is 2. The van der Waals surface area contributed by atoms with E-state index in [1.54, 1.807) is 42.5 Å². The molecule has 11 heteroatoms. The summed E-state index contributed by atoms with van der Waals surface area (Å²) < 4.78 is 10.9. The van der Waals surface area contributed by atoms with Crippen LogP contribution in [0, 0.1) is 0 Å². The van der Waals surface area contributed by atoms with Crippen LogP contribution in [0.1, 0.15) is 27.6 Å². The second kappa shape index (κ2) is 10.7. The minimum absolute atomic E-state index is 0.0389. The molecule has 9 nitrogen and oxygen atoms in total. The van der Waals surface area contributed by atoms with Gasteiger partial charge < -0.3 is 14.8 Å². The summed E-state index contributed by atoms with van der Waals surface area (Å²) in [6.45, 7) is 1.48. The lowest BCUT2D eigenvalue weighted by molar-refractivity contribution is -0.113. The summed E-state index contributed by atoms with van der Waals surface area (Å²) >= 11 is 2.35. The van der Waals surface area contributed by atoms with E-state index in [2.05, 4.69) is 20.8 Å². The Bertz CT molecular complexity index is 1130. The molecule has 1 heterocycles. The Balaban J connectivity index is 1.54. The first-order valence-corrected chi connectivity index (χ1v) is 11.1. The maximum Gasteiger partial charge on any atom is 0.261 e. The maximum atomic E-state index is 12.6. The number of hydrogen-bond acceptors (Lipinski definition) is 9. The summed E-state index contributed by atoms with van der Waals surface area (Å²) in [4.78, 5) is 36.0. The fraction of sp³-hybridized carbons (Fsp3) is 0.190. The van der Waals surface area contributed by atoms with E-state index >= 15 is 0 Å². The van der Waals surface area contributed by atoms with Gasteiger partial charge in [0.2, 0.25) is 11.0 Å². The van der Waals surface area contributed by atoms with Gasteiger partial charge in [-0.25, -0.2) is 0 Å². The molecule has 0 aliphatic carbocycles. The number of ketones is 1. The molecule has 2 N–H and O–H groups in total. The molecule has 0 saturated carbocycles. The van der Waals surface area contributed by atoms with Gasteiger partial charge in [0.25, 0.3) is 5.91 Å². The molecule has 3 rings (SSSR count). The van der Waals surface area contributed by atoms with Gasteiger partial charge >= 0.3 is 0 Å². The van der Waals surface area contributed by atoms with Gasteiger partial charge in [-0.1, -0.05) is 23.1 Å². The molecule has 166 valence electrons. The third-order valence-corrected chi connectivity index (χ3v) is 6.15. The fourth-order valence-corrected chi connectivity index (χ4v) is 4.13. The predicted octanol–water partition coefficient (Wildman–Crippen LogP) is 3.74. The molecule has 0 aliphatic heterocycles. The third-order valence-electron chi connectivity index (χ3n) is 4.18. The molecule has 32 heavy (non-hydrogen) atoms. The molecule has 0 saturated heterocycles. The van der Waals surface area contributed by atoms with Gasteiger partial charge in [-0.15, -0.1) is 10.2 Å². The van der Waals surface area contributed by atoms with Crippen molar-refractivity contribution in [2.45, 2.75) is 11.3 Å². The first-order chi connectivity index (χ1) is 15.4. The van der Waals surface area contributed by atoms with E-state index in [-0.39, 0.29) is 17.4 Å². The van der Waals surface area contributed by atoms with Gasteiger partial charge in [-0.2, -0.15) is 0 Å². The Hall–Kier alpha value is -3.44. The van der Waals surface area contributed by atoms with Gasteiger partial charge in [-0.3, -0.25) is 19.7 Å². The minimum Gasteiger partial charge on any atom is -0.497 e. The van der Waals surface area contributed by atoms with E-state index in [9.17, 15) is 14.4 Å². The van der Waals surface area contributed by atoms with Gasteiger partial charge in [-0.05, 0) is 43.3 Å². The standard InChI is InChI=1S/C21H20N4O5S2/c1-12(26)13-4-6-14(7-5-13)22-18(27)11-31-21-25-24-20(32-21)23-19(28)16-9-8-15(29-2)10-17(16)30-3/h4-10H,11H2,1-3H3,(H,22,27)(H,23,24,28). The Kier molecular flexibility index (Phi) is 7.79. The van der Waals surface area contributed by atoms with E-state index in [0.717, 1.165) is 11.3 Å². The number of carbonyl (C=O) groups excluding carboxylic acids is 3. The molecular formula is C21H20N4O5S2. The Morgan fingerprint density at radius 3 is 2.41 bits per heavy atom. The highest BCUT2D eigenvalue weighted by molar-refractivity contribution is 8.01. The SMILES string of the molecule is COc1ccc(C(=O)Nc2nnc(SCC(=O)Nc3ccc(C(C)=O)cc3)s2)c(OC)c1. The van der Waals surface area contributed by atoms with Crippen LogP contribution in [0.25, 0.3) is 0 Å². The number of methoxy groups -OCH3 is 2. The zero-order chi connectivity index (χ0) is 23.1. The average Bonchev–Trinajstić information content (AvgIpc) is 3.24. The monoisotopic (exact) mass is 472 g/mol. The second-order valence-electron chi connectivity index (χ2n) is 6.36. The normalized spacial score (nSPS) is 10.3. The zero-order valence-corrected chi connectivity index (χ0v) is 19.1. The van der Waals surface area contributed by atoms with Crippen LogP contribution >= 0.6 is 23.1 Å². The van der Waals surface area contributed by atoms with E-state index < -0.39 is 5.91 Å². The maximum absolute atomic E-state index is 12.6. The Morgan fingerprint density at radius 2 is 1.75 bits per heavy atom. The lowest BCUT2D eigenvalue weighted by atomic mass is 10.1. The molecule has 0 aliphatic rings. The van der Waals surface area contributed by atoms with Crippen molar-refractivity contribution in [1.29, 1.82) is 0 Å². The van der Waals surface area contributed by atoms with Gasteiger partial charge in [0.15, 0.2) is 10.1 Å². The molecule has 2 amide bonds. The number of amides is 2. The van der Waals surface area contributed by atoms with E-state index in [4.69, 9.17) is 9.47 Å². The molecule has 0 spiro atoms. The highest BCUT2D eigenvalue weighted by Crippen LogP contribution is 2.28. The summed E-state index contributed by atoms with van der Waals surface area (Å²) in [5, 5.41) is 13.7. The van der Waals surface area contributed by atoms with Crippen LogP contribution in [0.4, 0.5) is 10.8 Å². The van der Waals surface area contributed by atoms with Crippen molar-refractivity contribution in [3.8, 4) is 11.5 Å². The number of aromatic nitrogens is 2. The van der Waals surface area contributed by atoms with Crippen molar-refractivity contribution in [3.63, 3.8) is 0 Å². The Labute approximate surface area is 192 Å². The molecule has 1 aromatic heterocycles. The van der Waals surface area contributed by atoms with Crippen molar-refractivity contribution in [2.24, 2.45) is 0 Å². The van der Waals surface area contributed by atoms with Crippen LogP contribution < -0.4 is 20.1 Å². The van der Waals surface area contributed by atoms with E-state index in [0.29, 0.717) is 37.8 Å². The number of anilines is 2. The number of benzene rings is 2. The zero-order valence-electron chi connectivity index (χ0n) is 17.5. The number of ether oxygens (including phenoxy) is 2. The summed E-state index contributed by atoms with van der Waals surface area (Å²) in [6.07, 6.45) is 0. The van der Waals surface area contributed by atoms with E-state index in [1.165, 1.54) is 32.9 Å². The number of nitrogens with one attached hydrogen (secondary N) is 2. The van der Waals surface area contributed by atoms with Crippen molar-refractivity contribution < 1.29 is 23.9 Å².